The standard InChI is InChI=1S/C5H10O.CH2Cl2/c1-3-5(6)4-2;2-1-3/h3-4H2,1-2H3;1H2. The lowest BCUT2D eigenvalue weighted by atomic mass is 10.3. The fraction of sp³-hybridized carbons (Fsp3) is 0.833. The SMILES string of the molecule is CCC(=O)CC.ClCCl. The first kappa shape index (κ1) is 12.0. The lowest BCUT2D eigenvalue weighted by Gasteiger charge is -1.81. The molecule has 0 aromatic carbocycles. The zero-order chi connectivity index (χ0) is 7.70. The normalized spacial score (nSPS) is 7.56. The van der Waals surface area contributed by atoms with Crippen molar-refractivity contribution in [1.82, 2.24) is 0 Å². The van der Waals surface area contributed by atoms with Crippen LogP contribution in [0, 0.1) is 0 Å². The van der Waals surface area contributed by atoms with Crippen LogP contribution >= 0.6 is 23.2 Å². The Morgan fingerprint density at radius 1 is 1.22 bits per heavy atom. The average molecular weight is 171 g/mol. The van der Waals surface area contributed by atoms with Gasteiger partial charge in [-0.15, -0.1) is 23.2 Å². The van der Waals surface area contributed by atoms with Crippen LogP contribution < -0.4 is 0 Å². The predicted molar refractivity (Wildman–Crippen MR) is 42.2 cm³/mol. The highest BCUT2D eigenvalue weighted by atomic mass is 35.5. The minimum absolute atomic E-state index is 0.194. The van der Waals surface area contributed by atoms with Gasteiger partial charge in [-0.1, -0.05) is 13.8 Å². The summed E-state index contributed by atoms with van der Waals surface area (Å²) < 4.78 is 0. The lowest BCUT2D eigenvalue weighted by Crippen LogP contribution is -1.88. The average Bonchev–Trinajstić information content (AvgIpc) is 1.88. The summed E-state index contributed by atoms with van der Waals surface area (Å²) in [6.07, 6.45) is 1.38. The number of hydrogen-bond donors (Lipinski definition) is 0. The molecule has 0 saturated carbocycles. The zero-order valence-electron chi connectivity index (χ0n) is 5.79. The first-order chi connectivity index (χ1) is 4.22. The van der Waals surface area contributed by atoms with E-state index in [-0.39, 0.29) is 5.34 Å². The van der Waals surface area contributed by atoms with Crippen molar-refractivity contribution in [3.8, 4) is 0 Å². The summed E-state index contributed by atoms with van der Waals surface area (Å²) in [5, 5.41) is 0.194. The Labute approximate surface area is 66.3 Å². The van der Waals surface area contributed by atoms with Crippen molar-refractivity contribution >= 4 is 29.0 Å². The number of Topliss-reactive ketones (excluding diaryl/α,β-unsaturated/α-hetero) is 1. The van der Waals surface area contributed by atoms with Gasteiger partial charge in [0.2, 0.25) is 0 Å². The van der Waals surface area contributed by atoms with E-state index in [0.29, 0.717) is 18.6 Å². The monoisotopic (exact) mass is 170 g/mol. The molecule has 9 heavy (non-hydrogen) atoms. The third kappa shape index (κ3) is 17.8. The maximum absolute atomic E-state index is 10.2. The molecule has 0 aliphatic carbocycles. The second kappa shape index (κ2) is 11.1. The molecule has 56 valence electrons. The van der Waals surface area contributed by atoms with Crippen molar-refractivity contribution in [1.29, 1.82) is 0 Å². The molecule has 0 aromatic rings. The van der Waals surface area contributed by atoms with Gasteiger partial charge in [-0.3, -0.25) is 4.79 Å². The molecule has 0 spiro atoms. The van der Waals surface area contributed by atoms with E-state index in [0.717, 1.165) is 0 Å². The van der Waals surface area contributed by atoms with Crippen molar-refractivity contribution in [2.45, 2.75) is 26.7 Å². The Kier molecular flexibility index (Phi) is 14.8. The molecule has 0 N–H and O–H groups in total. The van der Waals surface area contributed by atoms with E-state index in [1.54, 1.807) is 0 Å². The Morgan fingerprint density at radius 2 is 1.44 bits per heavy atom. The molecule has 0 saturated heterocycles. The van der Waals surface area contributed by atoms with Crippen molar-refractivity contribution in [2.24, 2.45) is 0 Å². The molecule has 0 rings (SSSR count). The Hall–Kier alpha value is 0.250. The summed E-state index contributed by atoms with van der Waals surface area (Å²) in [6.45, 7) is 3.76. The Morgan fingerprint density at radius 3 is 1.44 bits per heavy atom. The molecule has 0 atom stereocenters. The summed E-state index contributed by atoms with van der Waals surface area (Å²) in [7, 11) is 0. The Balaban J connectivity index is 0. The molecule has 0 aliphatic rings. The van der Waals surface area contributed by atoms with E-state index in [4.69, 9.17) is 23.2 Å². The van der Waals surface area contributed by atoms with Gasteiger partial charge < -0.3 is 0 Å². The summed E-state index contributed by atoms with van der Waals surface area (Å²) >= 11 is 9.53. The number of rotatable bonds is 2. The molecule has 1 nitrogen and oxygen atoms in total. The Bertz CT molecular complexity index is 58.1. The van der Waals surface area contributed by atoms with Crippen LogP contribution in [-0.4, -0.2) is 11.1 Å². The largest absolute Gasteiger partial charge is 0.300 e. The maximum atomic E-state index is 10.2. The zero-order valence-corrected chi connectivity index (χ0v) is 7.30. The van der Waals surface area contributed by atoms with E-state index in [1.165, 1.54) is 0 Å². The topological polar surface area (TPSA) is 17.1 Å². The lowest BCUT2D eigenvalue weighted by molar-refractivity contribution is -0.118. The van der Waals surface area contributed by atoms with Crippen LogP contribution in [0.5, 0.6) is 0 Å². The van der Waals surface area contributed by atoms with Crippen LogP contribution in [0.15, 0.2) is 0 Å². The molecule has 0 fully saturated rings. The van der Waals surface area contributed by atoms with Gasteiger partial charge in [0.1, 0.15) is 5.78 Å². The third-order valence-electron chi connectivity index (χ3n) is 0.789. The first-order valence-electron chi connectivity index (χ1n) is 2.86. The van der Waals surface area contributed by atoms with Crippen LogP contribution in [0.4, 0.5) is 0 Å². The van der Waals surface area contributed by atoms with Gasteiger partial charge >= 0.3 is 0 Å². The van der Waals surface area contributed by atoms with E-state index >= 15 is 0 Å². The van der Waals surface area contributed by atoms with Gasteiger partial charge in [-0.2, -0.15) is 0 Å². The second-order valence-electron chi connectivity index (χ2n) is 1.35. The van der Waals surface area contributed by atoms with Crippen LogP contribution in [0.3, 0.4) is 0 Å². The van der Waals surface area contributed by atoms with E-state index in [2.05, 4.69) is 0 Å². The van der Waals surface area contributed by atoms with Crippen molar-refractivity contribution in [2.75, 3.05) is 5.34 Å². The van der Waals surface area contributed by atoms with Gasteiger partial charge in [0, 0.05) is 12.8 Å². The van der Waals surface area contributed by atoms with Gasteiger partial charge in [0.05, 0.1) is 5.34 Å². The van der Waals surface area contributed by atoms with Crippen molar-refractivity contribution < 1.29 is 4.79 Å². The van der Waals surface area contributed by atoms with Crippen LogP contribution in [0.1, 0.15) is 26.7 Å². The summed E-state index contributed by atoms with van der Waals surface area (Å²) in [6, 6.07) is 0. The molecule has 0 aromatic heterocycles. The van der Waals surface area contributed by atoms with Gasteiger partial charge in [-0.25, -0.2) is 0 Å². The number of carbonyl (C=O) groups is 1. The van der Waals surface area contributed by atoms with E-state index in [1.807, 2.05) is 13.8 Å². The molecular weight excluding hydrogens is 159 g/mol. The van der Waals surface area contributed by atoms with Gasteiger partial charge in [-0.05, 0) is 0 Å². The first-order valence-corrected chi connectivity index (χ1v) is 3.93. The quantitative estimate of drug-likeness (QED) is 0.583. The van der Waals surface area contributed by atoms with Gasteiger partial charge in [0.25, 0.3) is 0 Å². The number of ketones is 1. The summed E-state index contributed by atoms with van der Waals surface area (Å²) in [4.78, 5) is 10.2. The van der Waals surface area contributed by atoms with Crippen LogP contribution in [0.2, 0.25) is 0 Å². The molecular formula is C6H12Cl2O. The number of carbonyl (C=O) groups excluding carboxylic acids is 1. The fourth-order valence-electron chi connectivity index (χ4n) is 0.250. The minimum Gasteiger partial charge on any atom is -0.300 e. The molecule has 0 amide bonds. The maximum Gasteiger partial charge on any atom is 0.132 e. The number of halogens is 2. The minimum atomic E-state index is 0.194. The van der Waals surface area contributed by atoms with Crippen LogP contribution in [0.25, 0.3) is 0 Å². The van der Waals surface area contributed by atoms with Crippen LogP contribution in [-0.2, 0) is 4.79 Å². The molecule has 0 unspecified atom stereocenters. The van der Waals surface area contributed by atoms with Crippen molar-refractivity contribution in [3.63, 3.8) is 0 Å². The van der Waals surface area contributed by atoms with Crippen molar-refractivity contribution in [3.05, 3.63) is 0 Å². The molecule has 0 radical (unpaired) electrons. The smallest absolute Gasteiger partial charge is 0.132 e. The highest BCUT2D eigenvalue weighted by molar-refractivity contribution is 6.40. The predicted octanol–water partition coefficient (Wildman–Crippen LogP) is 2.80. The molecule has 0 heterocycles. The fourth-order valence-corrected chi connectivity index (χ4v) is 0.250. The van der Waals surface area contributed by atoms with E-state index in [9.17, 15) is 4.79 Å². The number of alkyl halides is 2. The van der Waals surface area contributed by atoms with E-state index < -0.39 is 0 Å². The summed E-state index contributed by atoms with van der Waals surface area (Å²) in [5.74, 6) is 0.343. The highest BCUT2D eigenvalue weighted by Gasteiger charge is 1.86. The number of hydrogen-bond acceptors (Lipinski definition) is 1. The van der Waals surface area contributed by atoms with Gasteiger partial charge in [0.15, 0.2) is 0 Å². The third-order valence-corrected chi connectivity index (χ3v) is 0.789. The summed E-state index contributed by atoms with van der Waals surface area (Å²) in [5.41, 5.74) is 0. The molecule has 0 bridgehead atoms. The highest BCUT2D eigenvalue weighted by Crippen LogP contribution is 1.83. The second-order valence-corrected chi connectivity index (χ2v) is 2.15. The molecule has 0 aliphatic heterocycles. The molecule has 3 heteroatoms.